The Morgan fingerprint density at radius 3 is 2.22 bits per heavy atom. The van der Waals surface area contributed by atoms with E-state index in [1.807, 2.05) is 5.16 Å². The second-order valence-corrected chi connectivity index (χ2v) is 1.33. The molecule has 0 aliphatic carbocycles. The Kier molecular flexibility index (Phi) is 2.96. The fourth-order valence-corrected chi connectivity index (χ4v) is 0.307. The number of hydrogen-bond acceptors (Lipinski definition) is 3. The summed E-state index contributed by atoms with van der Waals surface area (Å²) in [7, 11) is 1.32. The zero-order valence-electron chi connectivity index (χ0n) is 5.17. The number of rotatable bonds is 0. The van der Waals surface area contributed by atoms with Crippen LogP contribution in [-0.2, 0) is 7.05 Å². The Labute approximate surface area is 71.9 Å². The Bertz CT molecular complexity index is 254. The fourth-order valence-electron chi connectivity index (χ4n) is 0.307. The number of nitrogens with zero attached hydrogens (tertiary/aromatic N) is 1. The third-order valence-electron chi connectivity index (χ3n) is 0.804. The number of nitrogens with one attached hydrogen (secondary N) is 1. The number of H-pyrrole nitrogens is 1. The Hall–Kier alpha value is -0.260. The molecule has 5 nitrogen and oxygen atoms in total. The van der Waals surface area contributed by atoms with Crippen LogP contribution in [0.2, 0.25) is 0 Å². The smallest absolute Gasteiger partial charge is 0.320 e. The van der Waals surface area contributed by atoms with Crippen molar-refractivity contribution in [3.05, 3.63) is 21.0 Å². The van der Waals surface area contributed by atoms with Gasteiger partial charge in [-0.3, -0.25) is 0 Å². The van der Waals surface area contributed by atoms with Gasteiger partial charge >= 0.3 is 11.4 Å². The van der Waals surface area contributed by atoms with Crippen LogP contribution in [0.3, 0.4) is 0 Å². The van der Waals surface area contributed by atoms with Gasteiger partial charge in [0.15, 0.2) is 0 Å². The zero-order valence-corrected chi connectivity index (χ0v) is 7.17. The van der Waals surface area contributed by atoms with Crippen molar-refractivity contribution in [1.82, 2.24) is 9.72 Å². The molecule has 6 heteroatoms. The van der Waals surface area contributed by atoms with Gasteiger partial charge in [-0.05, 0) is 0 Å². The van der Waals surface area contributed by atoms with Gasteiger partial charge in [-0.15, -0.1) is 0 Å². The molecule has 9 heavy (non-hydrogen) atoms. The molecule has 0 atom stereocenters. The molecular formula is C3H4N2NaO3. The van der Waals surface area contributed by atoms with E-state index in [2.05, 4.69) is 4.52 Å². The first-order valence-corrected chi connectivity index (χ1v) is 1.96. The van der Waals surface area contributed by atoms with E-state index < -0.39 is 11.4 Å². The molecule has 1 heterocycles. The second-order valence-electron chi connectivity index (χ2n) is 1.33. The van der Waals surface area contributed by atoms with Crippen molar-refractivity contribution in [2.45, 2.75) is 0 Å². The minimum atomic E-state index is -0.671. The quantitative estimate of drug-likeness (QED) is 0.435. The molecule has 0 saturated carbocycles. The Balaban J connectivity index is 0.000000640. The zero-order chi connectivity index (χ0) is 6.15. The maximum atomic E-state index is 10.3. The van der Waals surface area contributed by atoms with Crippen LogP contribution in [-0.4, -0.2) is 39.3 Å². The molecule has 0 aliphatic heterocycles. The molecule has 0 fully saturated rings. The topological polar surface area (TPSA) is 68.0 Å². The van der Waals surface area contributed by atoms with E-state index in [1.165, 1.54) is 7.05 Å². The van der Waals surface area contributed by atoms with Crippen LogP contribution < -0.4 is 11.4 Å². The summed E-state index contributed by atoms with van der Waals surface area (Å²) in [5.41, 5.74) is -0.532. The predicted molar refractivity (Wildman–Crippen MR) is 30.3 cm³/mol. The van der Waals surface area contributed by atoms with Crippen LogP contribution in [0.4, 0.5) is 0 Å². The first-order chi connectivity index (χ1) is 3.72. The van der Waals surface area contributed by atoms with E-state index >= 15 is 0 Å². The van der Waals surface area contributed by atoms with Crippen LogP contribution in [0.15, 0.2) is 14.1 Å². The molecule has 0 aromatic carbocycles. The molecule has 0 amide bonds. The van der Waals surface area contributed by atoms with Crippen LogP contribution >= 0.6 is 0 Å². The van der Waals surface area contributed by atoms with Gasteiger partial charge in [0.1, 0.15) is 0 Å². The Morgan fingerprint density at radius 1 is 1.56 bits per heavy atom. The molecule has 1 aromatic rings. The SMILES string of the molecule is Cn1c(=O)[nH]oc1=O.[Na]. The molecule has 1 N–H and O–H groups in total. The van der Waals surface area contributed by atoms with E-state index in [4.69, 9.17) is 0 Å². The molecule has 0 unspecified atom stereocenters. The van der Waals surface area contributed by atoms with Crippen LogP contribution in [0.1, 0.15) is 0 Å². The maximum absolute atomic E-state index is 10.3. The molecule has 0 aliphatic rings. The normalized spacial score (nSPS) is 8.56. The van der Waals surface area contributed by atoms with Crippen molar-refractivity contribution in [2.75, 3.05) is 0 Å². The van der Waals surface area contributed by atoms with Crippen LogP contribution in [0.25, 0.3) is 0 Å². The van der Waals surface area contributed by atoms with Crippen molar-refractivity contribution >= 4 is 29.6 Å². The van der Waals surface area contributed by atoms with Gasteiger partial charge in [0.2, 0.25) is 0 Å². The first-order valence-electron chi connectivity index (χ1n) is 1.96. The molecular weight excluding hydrogens is 135 g/mol. The van der Waals surface area contributed by atoms with Crippen molar-refractivity contribution < 1.29 is 4.52 Å². The summed E-state index contributed by atoms with van der Waals surface area (Å²) in [4.78, 5) is 20.5. The van der Waals surface area contributed by atoms with E-state index in [-0.39, 0.29) is 29.6 Å². The van der Waals surface area contributed by atoms with Gasteiger partial charge in [-0.25, -0.2) is 14.2 Å². The molecule has 0 saturated heterocycles. The van der Waals surface area contributed by atoms with Gasteiger partial charge in [-0.1, -0.05) is 0 Å². The summed E-state index contributed by atoms with van der Waals surface area (Å²) in [6.07, 6.45) is 0. The summed E-state index contributed by atoms with van der Waals surface area (Å²) < 4.78 is 4.90. The average molecular weight is 139 g/mol. The third-order valence-corrected chi connectivity index (χ3v) is 0.804. The van der Waals surface area contributed by atoms with Crippen molar-refractivity contribution in [3.8, 4) is 0 Å². The molecule has 0 spiro atoms. The van der Waals surface area contributed by atoms with Crippen molar-refractivity contribution in [1.29, 1.82) is 0 Å². The van der Waals surface area contributed by atoms with Gasteiger partial charge in [-0.2, -0.15) is 5.16 Å². The number of hydrogen-bond donors (Lipinski definition) is 1. The minimum Gasteiger partial charge on any atom is -0.320 e. The van der Waals surface area contributed by atoms with Gasteiger partial charge in [0.05, 0.1) is 0 Å². The summed E-state index contributed by atoms with van der Waals surface area (Å²) in [6.45, 7) is 0. The molecule has 1 rings (SSSR count). The van der Waals surface area contributed by atoms with Crippen LogP contribution in [0, 0.1) is 0 Å². The summed E-state index contributed by atoms with van der Waals surface area (Å²) in [5.74, 6) is -0.671. The largest absolute Gasteiger partial charge is 0.442 e. The average Bonchev–Trinajstić information content (AvgIpc) is 1.98. The first kappa shape index (κ1) is 8.74. The van der Waals surface area contributed by atoms with Crippen LogP contribution in [0.5, 0.6) is 0 Å². The molecule has 45 valence electrons. The number of aromatic nitrogens is 2. The predicted octanol–water partition coefficient (Wildman–Crippen LogP) is -1.71. The van der Waals surface area contributed by atoms with E-state index in [0.29, 0.717) is 0 Å². The van der Waals surface area contributed by atoms with Gasteiger partial charge < -0.3 is 4.52 Å². The number of aromatic amines is 1. The van der Waals surface area contributed by atoms with Gasteiger partial charge in [0.25, 0.3) is 0 Å². The summed E-state index contributed by atoms with van der Waals surface area (Å²) in [5, 5.41) is 1.86. The Morgan fingerprint density at radius 2 is 2.11 bits per heavy atom. The van der Waals surface area contributed by atoms with E-state index in [1.54, 1.807) is 0 Å². The minimum absolute atomic E-state index is 0. The monoisotopic (exact) mass is 139 g/mol. The van der Waals surface area contributed by atoms with E-state index in [9.17, 15) is 9.59 Å². The maximum Gasteiger partial charge on any atom is 0.442 e. The van der Waals surface area contributed by atoms with Gasteiger partial charge in [0, 0.05) is 36.6 Å². The van der Waals surface area contributed by atoms with E-state index in [0.717, 1.165) is 4.57 Å². The van der Waals surface area contributed by atoms with Crippen molar-refractivity contribution in [2.24, 2.45) is 7.05 Å². The molecule has 1 radical (unpaired) electrons. The summed E-state index contributed by atoms with van der Waals surface area (Å²) >= 11 is 0. The third kappa shape index (κ3) is 1.57. The molecule has 0 bridgehead atoms. The standard InChI is InChI=1S/C3H4N2O3.Na/c1-5-2(6)4-8-3(5)7;/h1H3,(H,4,6);. The van der Waals surface area contributed by atoms with Crippen molar-refractivity contribution in [3.63, 3.8) is 0 Å². The second kappa shape index (κ2) is 3.05. The fraction of sp³-hybridized carbons (Fsp3) is 0.333. The summed E-state index contributed by atoms with van der Waals surface area (Å²) in [6, 6.07) is 0. The molecule has 1 aromatic heterocycles.